The third-order valence-electron chi connectivity index (χ3n) is 4.23. The Balaban J connectivity index is 1.46. The van der Waals surface area contributed by atoms with Gasteiger partial charge in [0.1, 0.15) is 0 Å². The molecular weight excluding hydrogens is 375 g/mol. The van der Waals surface area contributed by atoms with Gasteiger partial charge in [-0.3, -0.25) is 14.2 Å². The van der Waals surface area contributed by atoms with Crippen LogP contribution in [-0.2, 0) is 13.6 Å². The lowest BCUT2D eigenvalue weighted by molar-refractivity contribution is 0.0970. The molecule has 2 rings (SSSR count). The minimum absolute atomic E-state index is 0.106. The zero-order chi connectivity index (χ0) is 20.0. The molecule has 0 aliphatic rings. The van der Waals surface area contributed by atoms with Gasteiger partial charge >= 0.3 is 8.25 Å². The van der Waals surface area contributed by atoms with Crippen LogP contribution in [0, 0.1) is 0 Å². The molecule has 150 valence electrons. The second-order valence-corrected chi connectivity index (χ2v) is 7.52. The van der Waals surface area contributed by atoms with Crippen molar-refractivity contribution in [1.82, 2.24) is 0 Å². The van der Waals surface area contributed by atoms with Gasteiger partial charge < -0.3 is 9.05 Å². The van der Waals surface area contributed by atoms with Crippen LogP contribution in [0.2, 0.25) is 0 Å². The van der Waals surface area contributed by atoms with Crippen molar-refractivity contribution in [2.24, 2.45) is 0 Å². The Kier molecular flexibility index (Phi) is 10.4. The number of hydrogen-bond donors (Lipinski definition) is 0. The molecular formula is C22H27O5P. The van der Waals surface area contributed by atoms with E-state index in [0.29, 0.717) is 62.9 Å². The first-order chi connectivity index (χ1) is 13.7. The highest BCUT2D eigenvalue weighted by Crippen LogP contribution is 2.24. The predicted octanol–water partition coefficient (Wildman–Crippen LogP) is 5.52. The third-order valence-corrected chi connectivity index (χ3v) is 5.11. The molecule has 6 heteroatoms. The third kappa shape index (κ3) is 8.75. The summed E-state index contributed by atoms with van der Waals surface area (Å²) in [6, 6.07) is 18.4. The average molecular weight is 402 g/mol. The summed E-state index contributed by atoms with van der Waals surface area (Å²) in [6.07, 6.45) is 3.58. The summed E-state index contributed by atoms with van der Waals surface area (Å²) in [4.78, 5) is 23.9. The van der Waals surface area contributed by atoms with Gasteiger partial charge in [0.05, 0.1) is 13.2 Å². The van der Waals surface area contributed by atoms with Gasteiger partial charge in [-0.15, -0.1) is 0 Å². The van der Waals surface area contributed by atoms with Crippen LogP contribution in [0.3, 0.4) is 0 Å². The van der Waals surface area contributed by atoms with Gasteiger partial charge in [0.2, 0.25) is 0 Å². The van der Waals surface area contributed by atoms with Crippen LogP contribution in [-0.4, -0.2) is 24.8 Å². The van der Waals surface area contributed by atoms with Gasteiger partial charge in [-0.2, -0.15) is 0 Å². The zero-order valence-electron chi connectivity index (χ0n) is 16.0. The van der Waals surface area contributed by atoms with Gasteiger partial charge in [0.25, 0.3) is 0 Å². The highest BCUT2D eigenvalue weighted by atomic mass is 31.1. The van der Waals surface area contributed by atoms with Crippen LogP contribution in [0.5, 0.6) is 0 Å². The van der Waals surface area contributed by atoms with E-state index in [1.165, 1.54) is 0 Å². The van der Waals surface area contributed by atoms with E-state index in [9.17, 15) is 14.2 Å². The first kappa shape index (κ1) is 22.2. The fourth-order valence-electron chi connectivity index (χ4n) is 2.66. The van der Waals surface area contributed by atoms with E-state index in [1.807, 2.05) is 36.4 Å². The number of unbranched alkanes of at least 4 members (excludes halogenated alkanes) is 2. The monoisotopic (exact) mass is 402 g/mol. The number of carbonyl (C=O) groups is 2. The number of hydrogen-bond acceptors (Lipinski definition) is 5. The topological polar surface area (TPSA) is 69.7 Å². The first-order valence-corrected chi connectivity index (χ1v) is 10.9. The fraction of sp³-hybridized carbons (Fsp3) is 0.364. The molecule has 0 aliphatic carbocycles. The summed E-state index contributed by atoms with van der Waals surface area (Å²) in [5.41, 5.74) is 1.43. The van der Waals surface area contributed by atoms with Crippen molar-refractivity contribution < 1.29 is 23.2 Å². The molecule has 2 aromatic rings. The minimum atomic E-state index is -2.51. The summed E-state index contributed by atoms with van der Waals surface area (Å²) < 4.78 is 22.0. The van der Waals surface area contributed by atoms with Crippen molar-refractivity contribution in [3.63, 3.8) is 0 Å². The Labute approximate surface area is 167 Å². The second kappa shape index (κ2) is 13.2. The molecule has 0 unspecified atom stereocenters. The van der Waals surface area contributed by atoms with Crippen LogP contribution < -0.4 is 0 Å². The maximum Gasteiger partial charge on any atom is 0.319 e. The number of ketones is 2. The van der Waals surface area contributed by atoms with E-state index in [-0.39, 0.29) is 11.6 Å². The molecule has 0 radical (unpaired) electrons. The second-order valence-electron chi connectivity index (χ2n) is 6.44. The quantitative estimate of drug-likeness (QED) is 0.237. The van der Waals surface area contributed by atoms with Crippen molar-refractivity contribution in [3.05, 3.63) is 71.8 Å². The maximum absolute atomic E-state index is 11.9. The van der Waals surface area contributed by atoms with E-state index < -0.39 is 8.25 Å². The number of carbonyl (C=O) groups excluding carboxylic acids is 2. The fourth-order valence-corrected chi connectivity index (χ4v) is 3.37. The Hall–Kier alpha value is -2.07. The van der Waals surface area contributed by atoms with E-state index in [4.69, 9.17) is 9.05 Å². The predicted molar refractivity (Wildman–Crippen MR) is 110 cm³/mol. The summed E-state index contributed by atoms with van der Waals surface area (Å²) in [7, 11) is -2.51. The molecule has 5 nitrogen and oxygen atoms in total. The highest BCUT2D eigenvalue weighted by molar-refractivity contribution is 7.33. The van der Waals surface area contributed by atoms with Crippen LogP contribution in [0.25, 0.3) is 0 Å². The van der Waals surface area contributed by atoms with Crippen molar-refractivity contribution in [2.45, 2.75) is 38.5 Å². The largest absolute Gasteiger partial charge is 0.319 e. The summed E-state index contributed by atoms with van der Waals surface area (Å²) >= 11 is 0. The van der Waals surface area contributed by atoms with Crippen molar-refractivity contribution in [2.75, 3.05) is 13.2 Å². The van der Waals surface area contributed by atoms with E-state index in [0.717, 1.165) is 0 Å². The molecule has 0 heterocycles. The SMILES string of the molecule is O=C(CCCCO[PH](=O)OCCCCC(=O)c1ccccc1)c1ccccc1. The Morgan fingerprint density at radius 3 is 1.43 bits per heavy atom. The molecule has 0 aromatic heterocycles. The molecule has 28 heavy (non-hydrogen) atoms. The van der Waals surface area contributed by atoms with Gasteiger partial charge in [-0.1, -0.05) is 60.7 Å². The lowest BCUT2D eigenvalue weighted by Crippen LogP contribution is -2.00. The number of benzene rings is 2. The standard InChI is InChI=1S/C22H27O5P/c23-21(19-11-3-1-4-12-19)15-7-9-17-26-28(25)27-18-10-8-16-22(24)20-13-5-2-6-14-20/h1-6,11-14,28H,7-10,15-18H2. The first-order valence-electron chi connectivity index (χ1n) is 9.63. The van der Waals surface area contributed by atoms with E-state index in [2.05, 4.69) is 0 Å². The smallest absolute Gasteiger partial charge is 0.311 e. The molecule has 0 amide bonds. The van der Waals surface area contributed by atoms with E-state index >= 15 is 0 Å². The number of Topliss-reactive ketones (excluding diaryl/α,β-unsaturated/α-hetero) is 2. The Bertz CT molecular complexity index is 683. The molecule has 0 saturated heterocycles. The van der Waals surface area contributed by atoms with Crippen molar-refractivity contribution in [1.29, 1.82) is 0 Å². The van der Waals surface area contributed by atoms with Crippen molar-refractivity contribution >= 4 is 19.8 Å². The lowest BCUT2D eigenvalue weighted by Gasteiger charge is -2.06. The van der Waals surface area contributed by atoms with Crippen LogP contribution in [0.4, 0.5) is 0 Å². The molecule has 0 bridgehead atoms. The van der Waals surface area contributed by atoms with Gasteiger partial charge in [-0.05, 0) is 25.7 Å². The Morgan fingerprint density at radius 2 is 1.04 bits per heavy atom. The molecule has 2 aromatic carbocycles. The van der Waals surface area contributed by atoms with Crippen LogP contribution in [0.1, 0.15) is 59.2 Å². The highest BCUT2D eigenvalue weighted by Gasteiger charge is 2.06. The normalized spacial score (nSPS) is 10.9. The van der Waals surface area contributed by atoms with Crippen molar-refractivity contribution in [3.8, 4) is 0 Å². The van der Waals surface area contributed by atoms with Crippen LogP contribution in [0.15, 0.2) is 60.7 Å². The molecule has 0 aliphatic heterocycles. The minimum Gasteiger partial charge on any atom is -0.311 e. The van der Waals surface area contributed by atoms with E-state index in [1.54, 1.807) is 24.3 Å². The lowest BCUT2D eigenvalue weighted by atomic mass is 10.1. The summed E-state index contributed by atoms with van der Waals surface area (Å²) in [5, 5.41) is 0. The maximum atomic E-state index is 11.9. The summed E-state index contributed by atoms with van der Waals surface area (Å²) in [5.74, 6) is 0.212. The molecule has 0 atom stereocenters. The molecule has 0 spiro atoms. The number of rotatable bonds is 14. The van der Waals surface area contributed by atoms with Crippen LogP contribution >= 0.6 is 8.25 Å². The van der Waals surface area contributed by atoms with Gasteiger partial charge in [0, 0.05) is 24.0 Å². The van der Waals surface area contributed by atoms with Gasteiger partial charge in [-0.25, -0.2) is 0 Å². The molecule has 0 fully saturated rings. The van der Waals surface area contributed by atoms with Gasteiger partial charge in [0.15, 0.2) is 11.6 Å². The molecule has 0 N–H and O–H groups in total. The average Bonchev–Trinajstić information content (AvgIpc) is 2.74. The summed E-state index contributed by atoms with van der Waals surface area (Å²) in [6.45, 7) is 0.624. The zero-order valence-corrected chi connectivity index (χ0v) is 17.0. The molecule has 0 saturated carbocycles. The Morgan fingerprint density at radius 1 is 0.643 bits per heavy atom.